The zero-order chi connectivity index (χ0) is 30.5. The maximum Gasteiger partial charge on any atom is 0.338 e. The van der Waals surface area contributed by atoms with E-state index >= 15 is 0 Å². The van der Waals surface area contributed by atoms with Gasteiger partial charge >= 0.3 is 11.9 Å². The first-order valence-corrected chi connectivity index (χ1v) is 15.6. The molecule has 2 aliphatic heterocycles. The van der Waals surface area contributed by atoms with Gasteiger partial charge in [-0.15, -0.1) is 22.7 Å². The molecular weight excluding hydrogens is 608 g/mol. The second kappa shape index (κ2) is 13.5. The largest absolute Gasteiger partial charge is 0.460 e. The number of nitrogens with zero attached hydrogens (tertiary/aromatic N) is 6. The van der Waals surface area contributed by atoms with Crippen molar-refractivity contribution in [2.24, 2.45) is 0 Å². The Balaban J connectivity index is 0.901. The maximum absolute atomic E-state index is 13.1. The lowest BCUT2D eigenvalue weighted by Gasteiger charge is -2.27. The van der Waals surface area contributed by atoms with E-state index in [1.54, 1.807) is 9.36 Å². The van der Waals surface area contributed by atoms with Crippen LogP contribution in [-0.4, -0.2) is 81.1 Å². The van der Waals surface area contributed by atoms with Crippen LogP contribution in [0.25, 0.3) is 0 Å². The van der Waals surface area contributed by atoms with E-state index in [0.717, 1.165) is 9.75 Å². The number of carbonyl (C=O) groups is 2. The van der Waals surface area contributed by atoms with Crippen LogP contribution in [0.15, 0.2) is 70.2 Å². The SMILES string of the molecule is CC1=C(C(=O)OCCOCCOCCOC(=O)C2=C(C)Nc3ncnn3C2c2cccs2)C(c2cccs2)n2ncnc2N1. The molecule has 230 valence electrons. The van der Waals surface area contributed by atoms with Crippen LogP contribution < -0.4 is 10.6 Å². The number of allylic oxidation sites excluding steroid dienone is 2. The molecule has 44 heavy (non-hydrogen) atoms. The van der Waals surface area contributed by atoms with Crippen LogP contribution in [0.4, 0.5) is 11.9 Å². The van der Waals surface area contributed by atoms with Gasteiger partial charge in [0.25, 0.3) is 0 Å². The summed E-state index contributed by atoms with van der Waals surface area (Å²) in [5.74, 6) is 0.246. The van der Waals surface area contributed by atoms with E-state index in [4.69, 9.17) is 18.9 Å². The van der Waals surface area contributed by atoms with E-state index in [2.05, 4.69) is 30.8 Å². The average Bonchev–Trinajstić information content (AvgIpc) is 3.84. The van der Waals surface area contributed by atoms with Gasteiger partial charge in [-0.2, -0.15) is 20.2 Å². The molecule has 0 fully saturated rings. The third-order valence-electron chi connectivity index (χ3n) is 6.95. The lowest BCUT2D eigenvalue weighted by molar-refractivity contribution is -0.143. The van der Waals surface area contributed by atoms with E-state index in [1.807, 2.05) is 48.9 Å². The fourth-order valence-corrected chi connectivity index (χ4v) is 6.63. The van der Waals surface area contributed by atoms with Gasteiger partial charge in [0.1, 0.15) is 38.0 Å². The van der Waals surface area contributed by atoms with Crippen molar-refractivity contribution in [3.63, 3.8) is 0 Å². The third-order valence-corrected chi connectivity index (χ3v) is 8.80. The van der Waals surface area contributed by atoms with Crippen molar-refractivity contribution in [1.29, 1.82) is 0 Å². The van der Waals surface area contributed by atoms with Crippen LogP contribution in [-0.2, 0) is 28.5 Å². The molecule has 2 aliphatic rings. The van der Waals surface area contributed by atoms with Crippen LogP contribution >= 0.6 is 22.7 Å². The Kier molecular flexibility index (Phi) is 9.11. The number of rotatable bonds is 13. The summed E-state index contributed by atoms with van der Waals surface area (Å²) in [7, 11) is 0. The van der Waals surface area contributed by atoms with Crippen molar-refractivity contribution in [1.82, 2.24) is 29.5 Å². The molecule has 6 heterocycles. The van der Waals surface area contributed by atoms with Crippen molar-refractivity contribution >= 4 is 46.5 Å². The minimum absolute atomic E-state index is 0.0794. The first kappa shape index (κ1) is 29.7. The zero-order valence-corrected chi connectivity index (χ0v) is 25.6. The van der Waals surface area contributed by atoms with Crippen LogP contribution in [0.3, 0.4) is 0 Å². The molecular formula is C28H30N8O6S2. The number of fused-ring (bicyclic) bond motifs is 2. The van der Waals surface area contributed by atoms with Crippen molar-refractivity contribution < 1.29 is 28.5 Å². The van der Waals surface area contributed by atoms with Crippen molar-refractivity contribution in [2.45, 2.75) is 25.9 Å². The topological polar surface area (TPSA) is 157 Å². The van der Waals surface area contributed by atoms with Crippen molar-refractivity contribution in [2.75, 3.05) is 50.3 Å². The van der Waals surface area contributed by atoms with Crippen LogP contribution in [0.2, 0.25) is 0 Å². The molecule has 2 atom stereocenters. The molecule has 0 saturated heterocycles. The molecule has 0 bridgehead atoms. The molecule has 4 aromatic heterocycles. The third kappa shape index (κ3) is 6.14. The summed E-state index contributed by atoms with van der Waals surface area (Å²) in [5, 5.41) is 18.7. The molecule has 4 aromatic rings. The van der Waals surface area contributed by atoms with Gasteiger partial charge in [-0.3, -0.25) is 0 Å². The highest BCUT2D eigenvalue weighted by Crippen LogP contribution is 2.38. The lowest BCUT2D eigenvalue weighted by atomic mass is 10.0. The highest BCUT2D eigenvalue weighted by molar-refractivity contribution is 7.10. The zero-order valence-electron chi connectivity index (χ0n) is 24.0. The minimum Gasteiger partial charge on any atom is -0.460 e. The number of carbonyl (C=O) groups excluding carboxylic acids is 2. The van der Waals surface area contributed by atoms with Gasteiger partial charge in [0.2, 0.25) is 11.9 Å². The van der Waals surface area contributed by atoms with Gasteiger partial charge in [0.15, 0.2) is 0 Å². The number of ether oxygens (including phenoxy) is 4. The summed E-state index contributed by atoms with van der Waals surface area (Å²) in [6.45, 7) is 4.79. The molecule has 0 aliphatic carbocycles. The maximum atomic E-state index is 13.1. The average molecular weight is 639 g/mol. The Labute approximate surface area is 260 Å². The van der Waals surface area contributed by atoms with Gasteiger partial charge in [-0.05, 0) is 36.7 Å². The fourth-order valence-electron chi connectivity index (χ4n) is 4.99. The van der Waals surface area contributed by atoms with E-state index < -0.39 is 24.0 Å². The van der Waals surface area contributed by atoms with Crippen molar-refractivity contribution in [3.8, 4) is 0 Å². The normalized spacial score (nSPS) is 17.5. The summed E-state index contributed by atoms with van der Waals surface area (Å²) in [4.78, 5) is 36.5. The Hall–Kier alpha value is -4.38. The van der Waals surface area contributed by atoms with E-state index in [9.17, 15) is 9.59 Å². The molecule has 0 amide bonds. The lowest BCUT2D eigenvalue weighted by Crippen LogP contribution is -2.29. The molecule has 16 heteroatoms. The van der Waals surface area contributed by atoms with Crippen LogP contribution in [0.5, 0.6) is 0 Å². The van der Waals surface area contributed by atoms with E-state index in [1.165, 1.54) is 35.3 Å². The summed E-state index contributed by atoms with van der Waals surface area (Å²) in [6.07, 6.45) is 2.90. The number of hydrogen-bond donors (Lipinski definition) is 2. The number of thiophene rings is 2. The van der Waals surface area contributed by atoms with Crippen molar-refractivity contribution in [3.05, 3.63) is 80.0 Å². The monoisotopic (exact) mass is 638 g/mol. The molecule has 14 nitrogen and oxygen atoms in total. The molecule has 2 N–H and O–H groups in total. The number of anilines is 2. The van der Waals surface area contributed by atoms with Gasteiger partial charge < -0.3 is 29.6 Å². The number of esters is 2. The Bertz CT molecular complexity index is 1540. The van der Waals surface area contributed by atoms with Crippen LogP contribution in [0.1, 0.15) is 35.7 Å². The van der Waals surface area contributed by atoms with Gasteiger partial charge in [0.05, 0.1) is 37.6 Å². The number of nitrogens with one attached hydrogen (secondary N) is 2. The molecule has 2 unspecified atom stereocenters. The predicted octanol–water partition coefficient (Wildman–Crippen LogP) is 3.39. The molecule has 0 saturated carbocycles. The van der Waals surface area contributed by atoms with E-state index in [0.29, 0.717) is 47.7 Å². The Morgan fingerprint density at radius 3 is 1.57 bits per heavy atom. The number of aromatic nitrogens is 6. The summed E-state index contributed by atoms with van der Waals surface area (Å²) in [6, 6.07) is 6.94. The molecule has 0 spiro atoms. The molecule has 6 rings (SSSR count). The quantitative estimate of drug-likeness (QED) is 0.163. The summed E-state index contributed by atoms with van der Waals surface area (Å²) >= 11 is 3.07. The highest BCUT2D eigenvalue weighted by atomic mass is 32.1. The van der Waals surface area contributed by atoms with E-state index in [-0.39, 0.29) is 26.4 Å². The number of hydrogen-bond acceptors (Lipinski definition) is 14. The fraction of sp³-hybridized carbons (Fsp3) is 0.357. The second-order valence-electron chi connectivity index (χ2n) is 9.72. The highest BCUT2D eigenvalue weighted by Gasteiger charge is 2.36. The predicted molar refractivity (Wildman–Crippen MR) is 161 cm³/mol. The minimum atomic E-state index is -0.448. The Morgan fingerprint density at radius 2 is 1.16 bits per heavy atom. The smallest absolute Gasteiger partial charge is 0.338 e. The standard InChI is InChI=1S/C28H30N8O6S2/c1-17-21(23(19-5-3-13-43-19)35-27(33-17)29-15-31-35)25(37)41-11-9-39-7-8-40-10-12-42-26(38)22-18(2)34-28-30-16-32-36(28)24(22)20-6-4-14-44-20/h3-6,13-16,23-24H,7-12H2,1-2H3,(H,29,31,33)(H,30,32,34). The molecule has 0 aromatic carbocycles. The first-order valence-electron chi connectivity index (χ1n) is 13.8. The van der Waals surface area contributed by atoms with Crippen LogP contribution in [0, 0.1) is 0 Å². The Morgan fingerprint density at radius 1 is 0.727 bits per heavy atom. The second-order valence-corrected chi connectivity index (χ2v) is 11.7. The molecule has 0 radical (unpaired) electrons. The first-order chi connectivity index (χ1) is 21.5. The van der Waals surface area contributed by atoms with Gasteiger partial charge in [0, 0.05) is 21.1 Å². The summed E-state index contributed by atoms with van der Waals surface area (Å²) < 4.78 is 25.5. The van der Waals surface area contributed by atoms with Gasteiger partial charge in [-0.1, -0.05) is 12.1 Å². The van der Waals surface area contributed by atoms with Gasteiger partial charge in [-0.25, -0.2) is 19.0 Å². The summed E-state index contributed by atoms with van der Waals surface area (Å²) in [5.41, 5.74) is 2.28.